The third-order valence-corrected chi connectivity index (χ3v) is 6.54. The molecule has 0 saturated heterocycles. The van der Waals surface area contributed by atoms with E-state index in [9.17, 15) is 32.7 Å². The molecule has 12 heteroatoms. The van der Waals surface area contributed by atoms with Gasteiger partial charge in [-0.15, -0.1) is 11.8 Å². The van der Waals surface area contributed by atoms with Crippen LogP contribution in [0.1, 0.15) is 26.7 Å². The minimum atomic E-state index is -4.51. The highest BCUT2D eigenvalue weighted by Crippen LogP contribution is 2.47. The molecule has 1 aliphatic rings. The van der Waals surface area contributed by atoms with Crippen LogP contribution in [-0.2, 0) is 17.5 Å². The van der Waals surface area contributed by atoms with Crippen LogP contribution in [0.25, 0.3) is 15.7 Å². The normalized spacial score (nSPS) is 15.1. The van der Waals surface area contributed by atoms with Gasteiger partial charge in [-0.3, -0.25) is 14.4 Å². The number of carboxylic acid groups (broad SMARTS) is 1. The highest BCUT2D eigenvalue weighted by atomic mass is 32.2. The molecule has 1 aromatic heterocycles. The van der Waals surface area contributed by atoms with Gasteiger partial charge >= 0.3 is 12.1 Å². The molecule has 0 radical (unpaired) electrons. The van der Waals surface area contributed by atoms with Crippen molar-refractivity contribution in [2.75, 3.05) is 6.54 Å². The number of aliphatic carboxylic acids is 1. The maximum absolute atomic E-state index is 13.2. The number of hydrogen-bond donors (Lipinski definition) is 3. The Kier molecular flexibility index (Phi) is 5.74. The summed E-state index contributed by atoms with van der Waals surface area (Å²) in [6.45, 7) is 6.52. The van der Waals surface area contributed by atoms with Crippen LogP contribution in [0.5, 0.6) is 5.75 Å². The largest absolute Gasteiger partial charge is 0.506 e. The number of thioether (sulfide) groups is 1. The van der Waals surface area contributed by atoms with Gasteiger partial charge in [-0.2, -0.15) is 13.2 Å². The van der Waals surface area contributed by atoms with Gasteiger partial charge in [0.1, 0.15) is 17.9 Å². The zero-order valence-corrected chi connectivity index (χ0v) is 17.8. The topological polar surface area (TPSA) is 113 Å². The highest BCUT2D eigenvalue weighted by Gasteiger charge is 2.32. The zero-order valence-electron chi connectivity index (χ0n) is 17.0. The summed E-state index contributed by atoms with van der Waals surface area (Å²) < 4.78 is 40.0. The van der Waals surface area contributed by atoms with E-state index < -0.39 is 52.3 Å². The van der Waals surface area contributed by atoms with Crippen LogP contribution < -0.4 is 10.9 Å². The number of benzene rings is 2. The molecular formula is C22H14F3N3O5S. The van der Waals surface area contributed by atoms with Crippen LogP contribution in [-0.4, -0.2) is 33.2 Å². The second-order valence-corrected chi connectivity index (χ2v) is 8.64. The van der Waals surface area contributed by atoms with Gasteiger partial charge in [0.15, 0.2) is 5.69 Å². The number of rotatable bonds is 4. The van der Waals surface area contributed by atoms with E-state index in [1.165, 1.54) is 40.6 Å². The number of alkyl halides is 3. The molecule has 1 atom stereocenters. The van der Waals surface area contributed by atoms with Crippen molar-refractivity contribution in [1.82, 2.24) is 9.88 Å². The summed E-state index contributed by atoms with van der Waals surface area (Å²) in [5.74, 6) is -3.14. The molecule has 3 N–H and O–H groups in total. The lowest BCUT2D eigenvalue weighted by molar-refractivity contribution is -0.138. The molecule has 3 aromatic rings. The van der Waals surface area contributed by atoms with Gasteiger partial charge in [0, 0.05) is 16.8 Å². The molecule has 174 valence electrons. The Morgan fingerprint density at radius 3 is 2.50 bits per heavy atom. The van der Waals surface area contributed by atoms with Gasteiger partial charge in [-0.1, -0.05) is 12.1 Å². The molecule has 2 aromatic carbocycles. The third kappa shape index (κ3) is 4.06. The van der Waals surface area contributed by atoms with E-state index in [0.717, 1.165) is 12.1 Å². The number of aromatic hydroxyl groups is 1. The monoisotopic (exact) mass is 489 g/mol. The first-order valence-electron chi connectivity index (χ1n) is 9.66. The lowest BCUT2D eigenvalue weighted by Crippen LogP contribution is -2.37. The first kappa shape index (κ1) is 23.2. The van der Waals surface area contributed by atoms with Crippen molar-refractivity contribution in [1.29, 1.82) is 0 Å². The Morgan fingerprint density at radius 2 is 1.91 bits per heavy atom. The first-order chi connectivity index (χ1) is 16.0. The molecule has 2 heterocycles. The number of nitrogens with one attached hydrogen (secondary N) is 1. The fourth-order valence-corrected chi connectivity index (χ4v) is 5.06. The number of nitrogens with zero attached hydrogens (tertiary/aromatic N) is 2. The lowest BCUT2D eigenvalue weighted by atomic mass is 10.1. The van der Waals surface area contributed by atoms with E-state index in [0.29, 0.717) is 10.5 Å². The fraction of sp³-hybridized carbons (Fsp3) is 0.182. The van der Waals surface area contributed by atoms with Crippen LogP contribution in [0.4, 0.5) is 18.9 Å². The van der Waals surface area contributed by atoms with Crippen LogP contribution in [0.3, 0.4) is 0 Å². The highest BCUT2D eigenvalue weighted by molar-refractivity contribution is 7.99. The number of carbonyl (C=O) groups is 2. The van der Waals surface area contributed by atoms with E-state index in [1.807, 2.05) is 5.32 Å². The van der Waals surface area contributed by atoms with Gasteiger partial charge in [0.05, 0.1) is 22.9 Å². The summed E-state index contributed by atoms with van der Waals surface area (Å²) in [6.07, 6.45) is -4.51. The Balaban J connectivity index is 1.86. The van der Waals surface area contributed by atoms with Crippen molar-refractivity contribution in [2.24, 2.45) is 0 Å². The van der Waals surface area contributed by atoms with E-state index in [-0.39, 0.29) is 23.1 Å². The number of halogens is 3. The number of pyridine rings is 1. The maximum atomic E-state index is 13.2. The second-order valence-electron chi connectivity index (χ2n) is 7.39. The quantitative estimate of drug-likeness (QED) is 0.479. The van der Waals surface area contributed by atoms with Gasteiger partial charge < -0.3 is 20.1 Å². The molecule has 0 fully saturated rings. The van der Waals surface area contributed by atoms with Crippen molar-refractivity contribution in [3.63, 3.8) is 0 Å². The maximum Gasteiger partial charge on any atom is 0.416 e. The average Bonchev–Trinajstić information content (AvgIpc) is 2.79. The molecule has 34 heavy (non-hydrogen) atoms. The number of carbonyl (C=O) groups excluding carboxylic acids is 1. The standard InChI is InChI=1S/C22H14F3N3O5S/c1-26-12-6-13-18-14(7-12)34-15(10-2-4-11(5-3-10)22(23,24)25)9-28(18)21(33)17(19(13)31)20(32)27-8-16(29)30/h2-7,15,31H,8-9H2,(H,27,32)(H,29,30). The summed E-state index contributed by atoms with van der Waals surface area (Å²) in [5, 5.41) is 21.1. The Hall–Kier alpha value is -3.98. The molecule has 0 saturated carbocycles. The summed E-state index contributed by atoms with van der Waals surface area (Å²) in [7, 11) is 0. The number of amides is 1. The predicted molar refractivity (Wildman–Crippen MR) is 116 cm³/mol. The van der Waals surface area contributed by atoms with Gasteiger partial charge in [0.25, 0.3) is 11.5 Å². The summed E-state index contributed by atoms with van der Waals surface area (Å²) >= 11 is 1.22. The summed E-state index contributed by atoms with van der Waals surface area (Å²) in [6, 6.07) is 7.27. The van der Waals surface area contributed by atoms with Crippen LogP contribution >= 0.6 is 11.8 Å². The van der Waals surface area contributed by atoms with Crippen molar-refractivity contribution in [2.45, 2.75) is 22.9 Å². The summed E-state index contributed by atoms with van der Waals surface area (Å²) in [5.41, 5.74) is -1.52. The minimum Gasteiger partial charge on any atom is -0.506 e. The minimum absolute atomic E-state index is 0.0325. The zero-order chi connectivity index (χ0) is 24.8. The first-order valence-corrected chi connectivity index (χ1v) is 10.5. The molecule has 1 aliphatic heterocycles. The van der Waals surface area contributed by atoms with Gasteiger partial charge in [-0.05, 0) is 29.8 Å². The SMILES string of the molecule is [C-]#[N+]c1cc2c3c(c1)c(O)c(C(=O)NCC(=O)O)c(=O)n3CC(c1ccc(C(F)(F)F)cc1)S2. The number of carboxylic acids is 1. The predicted octanol–water partition coefficient (Wildman–Crippen LogP) is 3.94. The second kappa shape index (κ2) is 8.42. The molecular weight excluding hydrogens is 475 g/mol. The average molecular weight is 489 g/mol. The Morgan fingerprint density at radius 1 is 1.24 bits per heavy atom. The van der Waals surface area contributed by atoms with Crippen LogP contribution in [0, 0.1) is 6.57 Å². The molecule has 0 aliphatic carbocycles. The molecule has 1 unspecified atom stereocenters. The third-order valence-electron chi connectivity index (χ3n) is 5.26. The van der Waals surface area contributed by atoms with E-state index in [2.05, 4.69) is 4.85 Å². The van der Waals surface area contributed by atoms with E-state index in [1.54, 1.807) is 0 Å². The number of aromatic nitrogens is 1. The summed E-state index contributed by atoms with van der Waals surface area (Å²) in [4.78, 5) is 40.3. The van der Waals surface area contributed by atoms with Crippen LogP contribution in [0.2, 0.25) is 0 Å². The van der Waals surface area contributed by atoms with Gasteiger partial charge in [0.2, 0.25) is 0 Å². The Bertz CT molecular complexity index is 1440. The van der Waals surface area contributed by atoms with Gasteiger partial charge in [-0.25, -0.2) is 4.85 Å². The molecule has 4 rings (SSSR count). The van der Waals surface area contributed by atoms with E-state index in [4.69, 9.17) is 11.7 Å². The van der Waals surface area contributed by atoms with Crippen molar-refractivity contribution >= 4 is 40.2 Å². The number of hydrogen-bond acceptors (Lipinski definition) is 5. The molecule has 0 spiro atoms. The van der Waals surface area contributed by atoms with Crippen LogP contribution in [0.15, 0.2) is 46.1 Å². The van der Waals surface area contributed by atoms with E-state index >= 15 is 0 Å². The molecule has 1 amide bonds. The van der Waals surface area contributed by atoms with Crippen molar-refractivity contribution < 1.29 is 33.0 Å². The smallest absolute Gasteiger partial charge is 0.416 e. The van der Waals surface area contributed by atoms with Crippen molar-refractivity contribution in [3.8, 4) is 5.75 Å². The fourth-order valence-electron chi connectivity index (χ4n) is 3.72. The lowest BCUT2D eigenvalue weighted by Gasteiger charge is -2.28. The van der Waals surface area contributed by atoms with Crippen molar-refractivity contribution in [3.05, 3.63) is 74.9 Å². The molecule has 8 nitrogen and oxygen atoms in total. The Labute approximate surface area is 193 Å². The molecule has 0 bridgehead atoms.